The molecule has 0 saturated heterocycles. The topological polar surface area (TPSA) is 37.3 Å². The molecule has 0 spiro atoms. The molecule has 0 unspecified atom stereocenters. The molecule has 0 aliphatic heterocycles. The number of aldehydes is 1. The number of carbonyl (C=O) groups is 1. The molecule has 1 rings (SSSR count). The maximum atomic E-state index is 10.4. The quantitative estimate of drug-likeness (QED) is 0.461. The molecule has 1 aliphatic carbocycles. The van der Waals surface area contributed by atoms with Gasteiger partial charge in [0, 0.05) is 0 Å². The number of aliphatic hydroxyl groups excluding tert-OH is 1. The van der Waals surface area contributed by atoms with Crippen molar-refractivity contribution >= 4 is 6.29 Å². The van der Waals surface area contributed by atoms with Crippen LogP contribution in [-0.2, 0) is 4.79 Å². The minimum absolute atomic E-state index is 0.119. The van der Waals surface area contributed by atoms with Crippen molar-refractivity contribution in [1.29, 1.82) is 0 Å². The monoisotopic (exact) mass is 234 g/mol. The van der Waals surface area contributed by atoms with Gasteiger partial charge in [-0.15, -0.1) is 0 Å². The molecule has 0 atom stereocenters. The van der Waals surface area contributed by atoms with Crippen molar-refractivity contribution in [3.05, 3.63) is 34.9 Å². The van der Waals surface area contributed by atoms with E-state index in [2.05, 4.69) is 19.9 Å². The second kappa shape index (κ2) is 5.97. The number of carbonyl (C=O) groups excluding carboxylic acids is 1. The highest BCUT2D eigenvalue weighted by molar-refractivity contribution is 5.67. The van der Waals surface area contributed by atoms with Gasteiger partial charge in [0.1, 0.15) is 6.29 Å². The van der Waals surface area contributed by atoms with E-state index in [4.69, 9.17) is 0 Å². The normalized spacial score (nSPS) is 21.1. The summed E-state index contributed by atoms with van der Waals surface area (Å²) in [6.07, 6.45) is 9.62. The minimum Gasteiger partial charge on any atom is -0.392 e. The molecule has 0 fully saturated rings. The summed E-state index contributed by atoms with van der Waals surface area (Å²) in [5, 5.41) is 9.40. The van der Waals surface area contributed by atoms with Gasteiger partial charge in [-0.05, 0) is 54.4 Å². The summed E-state index contributed by atoms with van der Waals surface area (Å²) < 4.78 is 0. The Morgan fingerprint density at radius 2 is 2.18 bits per heavy atom. The molecule has 0 aromatic carbocycles. The molecule has 0 aromatic heterocycles. The van der Waals surface area contributed by atoms with Gasteiger partial charge in [-0.2, -0.15) is 0 Å². The van der Waals surface area contributed by atoms with Gasteiger partial charge in [-0.3, -0.25) is 4.79 Å². The maximum absolute atomic E-state index is 10.4. The molecule has 2 nitrogen and oxygen atoms in total. The standard InChI is InChI=1S/C15H22O2/c1-12(8-10-16)6-7-14-13(11-17)5-4-9-15(14,2)3/h6-8,10,17H,4-5,9,11H2,1-3H3/b7-6+,12-8-. The Kier molecular flexibility index (Phi) is 4.88. The highest BCUT2D eigenvalue weighted by Gasteiger charge is 2.27. The molecule has 94 valence electrons. The van der Waals surface area contributed by atoms with Crippen LogP contribution in [0, 0.1) is 5.41 Å². The van der Waals surface area contributed by atoms with E-state index in [0.717, 1.165) is 36.7 Å². The lowest BCUT2D eigenvalue weighted by atomic mass is 9.72. The molecule has 17 heavy (non-hydrogen) atoms. The fourth-order valence-electron chi connectivity index (χ4n) is 2.38. The third-order valence-electron chi connectivity index (χ3n) is 3.43. The molecule has 0 aromatic rings. The summed E-state index contributed by atoms with van der Waals surface area (Å²) in [5.41, 5.74) is 3.42. The van der Waals surface area contributed by atoms with Crippen LogP contribution in [0.25, 0.3) is 0 Å². The predicted octanol–water partition coefficient (Wildman–Crippen LogP) is 3.19. The van der Waals surface area contributed by atoms with Crippen LogP contribution < -0.4 is 0 Å². The Morgan fingerprint density at radius 3 is 2.76 bits per heavy atom. The van der Waals surface area contributed by atoms with Gasteiger partial charge in [0.05, 0.1) is 6.61 Å². The predicted molar refractivity (Wildman–Crippen MR) is 70.7 cm³/mol. The highest BCUT2D eigenvalue weighted by atomic mass is 16.3. The van der Waals surface area contributed by atoms with Crippen LogP contribution in [0.2, 0.25) is 0 Å². The van der Waals surface area contributed by atoms with Crippen molar-refractivity contribution in [2.24, 2.45) is 5.41 Å². The second-order valence-electron chi connectivity index (χ2n) is 5.29. The highest BCUT2D eigenvalue weighted by Crippen LogP contribution is 2.40. The number of rotatable bonds is 4. The summed E-state index contributed by atoms with van der Waals surface area (Å²) in [7, 11) is 0. The van der Waals surface area contributed by atoms with Gasteiger partial charge in [0.2, 0.25) is 0 Å². The molecule has 2 heteroatoms. The van der Waals surface area contributed by atoms with Gasteiger partial charge in [0.15, 0.2) is 0 Å². The smallest absolute Gasteiger partial charge is 0.143 e. The third-order valence-corrected chi connectivity index (χ3v) is 3.43. The summed E-state index contributed by atoms with van der Waals surface area (Å²) in [5.74, 6) is 0. The van der Waals surface area contributed by atoms with Crippen LogP contribution >= 0.6 is 0 Å². The first kappa shape index (κ1) is 13.9. The Bertz CT molecular complexity index is 370. The molecule has 0 radical (unpaired) electrons. The molecule has 0 amide bonds. The van der Waals surface area contributed by atoms with Crippen LogP contribution in [0.1, 0.15) is 40.0 Å². The maximum Gasteiger partial charge on any atom is 0.143 e. The fraction of sp³-hybridized carbons (Fsp3) is 0.533. The summed E-state index contributed by atoms with van der Waals surface area (Å²) in [6, 6.07) is 0. The van der Waals surface area contributed by atoms with Crippen LogP contribution in [0.4, 0.5) is 0 Å². The number of hydrogen-bond donors (Lipinski definition) is 1. The first-order valence-electron chi connectivity index (χ1n) is 6.15. The SMILES string of the molecule is CC(=C/C=O)/C=C/C1=C(CO)CCCC1(C)C. The average molecular weight is 234 g/mol. The Hall–Kier alpha value is -1.15. The fourth-order valence-corrected chi connectivity index (χ4v) is 2.38. The zero-order valence-corrected chi connectivity index (χ0v) is 11.0. The van der Waals surface area contributed by atoms with Crippen molar-refractivity contribution < 1.29 is 9.90 Å². The van der Waals surface area contributed by atoms with E-state index in [1.54, 1.807) is 6.08 Å². The lowest BCUT2D eigenvalue weighted by molar-refractivity contribution is -0.104. The van der Waals surface area contributed by atoms with Crippen LogP contribution in [-0.4, -0.2) is 18.0 Å². The van der Waals surface area contributed by atoms with E-state index >= 15 is 0 Å². The lowest BCUT2D eigenvalue weighted by Gasteiger charge is -2.33. The van der Waals surface area contributed by atoms with E-state index in [0.29, 0.717) is 0 Å². The summed E-state index contributed by atoms with van der Waals surface area (Å²) in [6.45, 7) is 6.46. The van der Waals surface area contributed by atoms with Crippen LogP contribution in [0.5, 0.6) is 0 Å². The van der Waals surface area contributed by atoms with Gasteiger partial charge in [0.25, 0.3) is 0 Å². The van der Waals surface area contributed by atoms with Gasteiger partial charge in [-0.1, -0.05) is 26.0 Å². The molecule has 0 saturated carbocycles. The molecule has 0 bridgehead atoms. The Labute approximate surface area is 104 Å². The number of allylic oxidation sites excluding steroid dienone is 5. The van der Waals surface area contributed by atoms with Crippen LogP contribution in [0.3, 0.4) is 0 Å². The Morgan fingerprint density at radius 1 is 1.47 bits per heavy atom. The van der Waals surface area contributed by atoms with Gasteiger partial charge in [-0.25, -0.2) is 0 Å². The van der Waals surface area contributed by atoms with Gasteiger partial charge < -0.3 is 5.11 Å². The molecule has 1 N–H and O–H groups in total. The van der Waals surface area contributed by atoms with E-state index in [1.165, 1.54) is 5.57 Å². The van der Waals surface area contributed by atoms with Crippen molar-refractivity contribution in [1.82, 2.24) is 0 Å². The first-order valence-corrected chi connectivity index (χ1v) is 6.15. The average Bonchev–Trinajstić information content (AvgIpc) is 2.26. The zero-order valence-electron chi connectivity index (χ0n) is 11.0. The number of hydrogen-bond acceptors (Lipinski definition) is 2. The van der Waals surface area contributed by atoms with Gasteiger partial charge >= 0.3 is 0 Å². The van der Waals surface area contributed by atoms with E-state index < -0.39 is 0 Å². The van der Waals surface area contributed by atoms with E-state index in [1.807, 2.05) is 13.0 Å². The summed E-state index contributed by atoms with van der Waals surface area (Å²) >= 11 is 0. The van der Waals surface area contributed by atoms with E-state index in [9.17, 15) is 9.90 Å². The van der Waals surface area contributed by atoms with E-state index in [-0.39, 0.29) is 12.0 Å². The second-order valence-corrected chi connectivity index (χ2v) is 5.29. The van der Waals surface area contributed by atoms with Crippen molar-refractivity contribution in [3.8, 4) is 0 Å². The molecule has 0 heterocycles. The molecular formula is C15H22O2. The largest absolute Gasteiger partial charge is 0.392 e. The molecular weight excluding hydrogens is 212 g/mol. The summed E-state index contributed by atoms with van der Waals surface area (Å²) in [4.78, 5) is 10.4. The minimum atomic E-state index is 0.119. The first-order chi connectivity index (χ1) is 8.01. The number of aliphatic hydroxyl groups is 1. The Balaban J connectivity index is 3.01. The van der Waals surface area contributed by atoms with Crippen LogP contribution in [0.15, 0.2) is 34.9 Å². The molecule has 1 aliphatic rings. The van der Waals surface area contributed by atoms with Crippen molar-refractivity contribution in [2.45, 2.75) is 40.0 Å². The zero-order chi connectivity index (χ0) is 12.9. The third kappa shape index (κ3) is 3.67. The van der Waals surface area contributed by atoms with Crippen molar-refractivity contribution in [2.75, 3.05) is 6.61 Å². The van der Waals surface area contributed by atoms with Crippen molar-refractivity contribution in [3.63, 3.8) is 0 Å². The lowest BCUT2D eigenvalue weighted by Crippen LogP contribution is -2.21.